The van der Waals surface area contributed by atoms with Gasteiger partial charge in [0, 0.05) is 0 Å². The summed E-state index contributed by atoms with van der Waals surface area (Å²) in [4.78, 5) is 15.8. The van der Waals surface area contributed by atoms with Gasteiger partial charge < -0.3 is 11.1 Å². The summed E-state index contributed by atoms with van der Waals surface area (Å²) in [6.07, 6.45) is 3.03. The van der Waals surface area contributed by atoms with Crippen molar-refractivity contribution in [1.82, 2.24) is 10.3 Å². The van der Waals surface area contributed by atoms with Crippen LogP contribution in [-0.2, 0) is 0 Å². The van der Waals surface area contributed by atoms with E-state index in [2.05, 4.69) is 10.3 Å². The molecule has 1 heterocycles. The van der Waals surface area contributed by atoms with Gasteiger partial charge in [-0.2, -0.15) is 0 Å². The number of rotatable bonds is 4. The molecule has 6 heteroatoms. The van der Waals surface area contributed by atoms with E-state index >= 15 is 0 Å². The molecule has 0 aromatic carbocycles. The predicted octanol–water partition coefficient (Wildman–Crippen LogP) is 1.02. The van der Waals surface area contributed by atoms with Crippen LogP contribution in [0.15, 0.2) is 18.3 Å². The van der Waals surface area contributed by atoms with Gasteiger partial charge in [-0.1, -0.05) is 12.2 Å². The topological polar surface area (TPSA) is 68.0 Å². The lowest BCUT2D eigenvalue weighted by atomic mass is 10.2. The first-order chi connectivity index (χ1) is 8.08. The largest absolute Gasteiger partial charge is 0.392 e. The first-order valence-corrected chi connectivity index (χ1v) is 5.70. The predicted molar refractivity (Wildman–Crippen MR) is 65.0 cm³/mol. The van der Waals surface area contributed by atoms with Crippen molar-refractivity contribution in [2.75, 3.05) is 0 Å². The minimum absolute atomic E-state index is 0.160. The third kappa shape index (κ3) is 2.97. The van der Waals surface area contributed by atoms with E-state index in [0.29, 0.717) is 5.92 Å². The van der Waals surface area contributed by atoms with E-state index in [1.165, 1.54) is 12.1 Å². The summed E-state index contributed by atoms with van der Waals surface area (Å²) in [6.45, 7) is 0. The highest BCUT2D eigenvalue weighted by atomic mass is 32.1. The Morgan fingerprint density at radius 1 is 1.59 bits per heavy atom. The quantitative estimate of drug-likeness (QED) is 0.786. The number of thiocarbonyl (C=S) groups is 1. The highest BCUT2D eigenvalue weighted by Crippen LogP contribution is 2.32. The SMILES string of the molecule is NC(=S)C(NC(=O)c1ccc(F)cn1)C1CC1. The Labute approximate surface area is 103 Å². The number of nitrogens with zero attached hydrogens (tertiary/aromatic N) is 1. The second-order valence-corrected chi connectivity index (χ2v) is 4.52. The Bertz CT molecular complexity index is 445. The fourth-order valence-corrected chi connectivity index (χ4v) is 1.83. The van der Waals surface area contributed by atoms with Gasteiger partial charge in [0.1, 0.15) is 11.5 Å². The van der Waals surface area contributed by atoms with Gasteiger partial charge in [0.15, 0.2) is 0 Å². The summed E-state index contributed by atoms with van der Waals surface area (Å²) >= 11 is 4.90. The number of pyridine rings is 1. The number of nitrogens with one attached hydrogen (secondary N) is 1. The van der Waals surface area contributed by atoms with E-state index in [0.717, 1.165) is 19.0 Å². The summed E-state index contributed by atoms with van der Waals surface area (Å²) in [7, 11) is 0. The molecule has 1 atom stereocenters. The molecular formula is C11H12FN3OS. The molecule has 0 bridgehead atoms. The van der Waals surface area contributed by atoms with E-state index < -0.39 is 5.82 Å². The zero-order valence-corrected chi connectivity index (χ0v) is 9.84. The molecule has 1 saturated carbocycles. The van der Waals surface area contributed by atoms with E-state index in [-0.39, 0.29) is 22.6 Å². The van der Waals surface area contributed by atoms with Crippen molar-refractivity contribution in [3.05, 3.63) is 29.8 Å². The Morgan fingerprint density at radius 3 is 2.76 bits per heavy atom. The van der Waals surface area contributed by atoms with Crippen molar-refractivity contribution in [3.63, 3.8) is 0 Å². The summed E-state index contributed by atoms with van der Waals surface area (Å²) < 4.78 is 12.6. The molecule has 17 heavy (non-hydrogen) atoms. The molecule has 0 aliphatic heterocycles. The highest BCUT2D eigenvalue weighted by Gasteiger charge is 2.34. The standard InChI is InChI=1S/C11H12FN3OS/c12-7-3-4-8(14-5-7)11(16)15-9(10(13)17)6-1-2-6/h3-6,9H,1-2H2,(H2,13,17)(H,15,16). The lowest BCUT2D eigenvalue weighted by molar-refractivity contribution is 0.0938. The molecule has 1 fully saturated rings. The van der Waals surface area contributed by atoms with Gasteiger partial charge in [0.25, 0.3) is 5.91 Å². The summed E-state index contributed by atoms with van der Waals surface area (Å²) in [5.41, 5.74) is 5.72. The lowest BCUT2D eigenvalue weighted by Gasteiger charge is -2.16. The number of hydrogen-bond acceptors (Lipinski definition) is 3. The zero-order valence-electron chi connectivity index (χ0n) is 9.02. The number of hydrogen-bond donors (Lipinski definition) is 2. The Morgan fingerprint density at radius 2 is 2.29 bits per heavy atom. The Kier molecular flexibility index (Phi) is 3.33. The molecule has 1 amide bonds. The normalized spacial score (nSPS) is 16.3. The maximum Gasteiger partial charge on any atom is 0.270 e. The maximum atomic E-state index is 12.6. The second-order valence-electron chi connectivity index (χ2n) is 4.05. The first-order valence-electron chi connectivity index (χ1n) is 5.29. The molecular weight excluding hydrogens is 241 g/mol. The van der Waals surface area contributed by atoms with Crippen molar-refractivity contribution in [1.29, 1.82) is 0 Å². The average molecular weight is 253 g/mol. The average Bonchev–Trinajstić information content (AvgIpc) is 3.10. The smallest absolute Gasteiger partial charge is 0.270 e. The third-order valence-electron chi connectivity index (χ3n) is 2.65. The van der Waals surface area contributed by atoms with Crippen molar-refractivity contribution >= 4 is 23.1 Å². The van der Waals surface area contributed by atoms with E-state index in [1.54, 1.807) is 0 Å². The molecule has 1 aliphatic rings. The minimum atomic E-state index is -0.477. The molecule has 4 nitrogen and oxygen atoms in total. The first kappa shape index (κ1) is 11.9. The summed E-state index contributed by atoms with van der Waals surface area (Å²) in [5.74, 6) is -0.527. The fourth-order valence-electron chi connectivity index (χ4n) is 1.58. The maximum absolute atomic E-state index is 12.6. The minimum Gasteiger partial charge on any atom is -0.392 e. The van der Waals surface area contributed by atoms with Crippen molar-refractivity contribution < 1.29 is 9.18 Å². The molecule has 0 radical (unpaired) electrons. The van der Waals surface area contributed by atoms with E-state index in [9.17, 15) is 9.18 Å². The van der Waals surface area contributed by atoms with Crippen LogP contribution in [0.4, 0.5) is 4.39 Å². The Hall–Kier alpha value is -1.56. The molecule has 3 N–H and O–H groups in total. The zero-order chi connectivity index (χ0) is 12.4. The van der Waals surface area contributed by atoms with Gasteiger partial charge in [-0.05, 0) is 30.9 Å². The molecule has 1 aliphatic carbocycles. The van der Waals surface area contributed by atoms with Gasteiger partial charge in [-0.3, -0.25) is 4.79 Å². The van der Waals surface area contributed by atoms with Crippen molar-refractivity contribution in [2.24, 2.45) is 11.7 Å². The number of nitrogens with two attached hydrogens (primary N) is 1. The Balaban J connectivity index is 2.04. The fraction of sp³-hybridized carbons (Fsp3) is 0.364. The van der Waals surface area contributed by atoms with Crippen LogP contribution in [0, 0.1) is 11.7 Å². The number of amides is 1. The van der Waals surface area contributed by atoms with E-state index in [1.807, 2.05) is 0 Å². The number of carbonyl (C=O) groups excluding carboxylic acids is 1. The summed E-state index contributed by atoms with van der Waals surface area (Å²) in [6, 6.07) is 2.23. The van der Waals surface area contributed by atoms with Crippen LogP contribution in [0.2, 0.25) is 0 Å². The van der Waals surface area contributed by atoms with Crippen molar-refractivity contribution in [3.8, 4) is 0 Å². The van der Waals surface area contributed by atoms with E-state index in [4.69, 9.17) is 18.0 Å². The molecule has 90 valence electrons. The van der Waals surface area contributed by atoms with Crippen LogP contribution in [0.5, 0.6) is 0 Å². The molecule has 2 rings (SSSR count). The third-order valence-corrected chi connectivity index (χ3v) is 2.90. The van der Waals surface area contributed by atoms with Gasteiger partial charge in [-0.25, -0.2) is 9.37 Å². The van der Waals surface area contributed by atoms with Gasteiger partial charge in [0.2, 0.25) is 0 Å². The molecule has 0 spiro atoms. The van der Waals surface area contributed by atoms with Crippen molar-refractivity contribution in [2.45, 2.75) is 18.9 Å². The number of halogens is 1. The van der Waals surface area contributed by atoms with Gasteiger partial charge >= 0.3 is 0 Å². The number of carbonyl (C=O) groups is 1. The molecule has 1 aromatic rings. The van der Waals surface area contributed by atoms with Gasteiger partial charge in [0.05, 0.1) is 17.2 Å². The van der Waals surface area contributed by atoms with Crippen LogP contribution in [0.3, 0.4) is 0 Å². The molecule has 1 aromatic heterocycles. The monoisotopic (exact) mass is 253 g/mol. The lowest BCUT2D eigenvalue weighted by Crippen LogP contribution is -2.45. The van der Waals surface area contributed by atoms with Crippen LogP contribution < -0.4 is 11.1 Å². The molecule has 0 saturated heterocycles. The van der Waals surface area contributed by atoms with Gasteiger partial charge in [-0.15, -0.1) is 0 Å². The highest BCUT2D eigenvalue weighted by molar-refractivity contribution is 7.80. The van der Waals surface area contributed by atoms with Crippen LogP contribution in [0.1, 0.15) is 23.3 Å². The van der Waals surface area contributed by atoms with Crippen LogP contribution in [0.25, 0.3) is 0 Å². The van der Waals surface area contributed by atoms with Crippen LogP contribution in [-0.4, -0.2) is 21.9 Å². The number of aromatic nitrogens is 1. The van der Waals surface area contributed by atoms with Crippen LogP contribution >= 0.6 is 12.2 Å². The second kappa shape index (κ2) is 4.75. The summed E-state index contributed by atoms with van der Waals surface area (Å²) in [5, 5.41) is 2.72. The molecule has 1 unspecified atom stereocenters.